The molecule has 0 aromatic heterocycles. The molecule has 0 saturated carbocycles. The number of nitrogens with zero attached hydrogens (tertiary/aromatic N) is 1. The minimum atomic E-state index is 0.154. The molecule has 4 rings (SSSR count). The van der Waals surface area contributed by atoms with Crippen molar-refractivity contribution in [1.29, 1.82) is 0 Å². The maximum absolute atomic E-state index is 12.6. The van der Waals surface area contributed by atoms with Crippen LogP contribution in [-0.2, 0) is 6.42 Å². The summed E-state index contributed by atoms with van der Waals surface area (Å²) >= 11 is 0. The van der Waals surface area contributed by atoms with Crippen molar-refractivity contribution < 1.29 is 9.53 Å². The fourth-order valence-corrected chi connectivity index (χ4v) is 3.29. The van der Waals surface area contributed by atoms with Gasteiger partial charge in [-0.3, -0.25) is 4.79 Å². The van der Waals surface area contributed by atoms with E-state index in [0.29, 0.717) is 6.61 Å². The van der Waals surface area contributed by atoms with Gasteiger partial charge in [0.1, 0.15) is 5.75 Å². The molecule has 106 valence electrons. The number of rotatable bonds is 2. The predicted octanol–water partition coefficient (Wildman–Crippen LogP) is 2.86. The Labute approximate surface area is 124 Å². The largest absolute Gasteiger partial charge is 0.493 e. The van der Waals surface area contributed by atoms with Crippen molar-refractivity contribution in [1.82, 2.24) is 4.90 Å². The second-order valence-corrected chi connectivity index (χ2v) is 5.70. The Bertz CT molecular complexity index is 695. The summed E-state index contributed by atoms with van der Waals surface area (Å²) in [6.45, 7) is 2.21. The van der Waals surface area contributed by atoms with Crippen molar-refractivity contribution in [2.75, 3.05) is 19.7 Å². The third-order valence-electron chi connectivity index (χ3n) is 4.43. The van der Waals surface area contributed by atoms with Gasteiger partial charge in [-0.25, -0.2) is 0 Å². The van der Waals surface area contributed by atoms with Gasteiger partial charge < -0.3 is 9.64 Å². The van der Waals surface area contributed by atoms with E-state index in [-0.39, 0.29) is 11.8 Å². The number of amides is 1. The summed E-state index contributed by atoms with van der Waals surface area (Å²) in [5, 5.41) is 0. The number of benzene rings is 2. The maximum atomic E-state index is 12.6. The number of hydrogen-bond acceptors (Lipinski definition) is 2. The molecule has 2 aliphatic heterocycles. The maximum Gasteiger partial charge on any atom is 0.254 e. The first-order chi connectivity index (χ1) is 10.3. The molecule has 21 heavy (non-hydrogen) atoms. The number of ether oxygens (including phenoxy) is 1. The normalized spacial score (nSPS) is 19.9. The lowest BCUT2D eigenvalue weighted by molar-refractivity contribution is 0.0724. The fraction of sp³-hybridized carbons (Fsp3) is 0.278. The number of hydrogen-bond donors (Lipinski definition) is 0. The zero-order valence-corrected chi connectivity index (χ0v) is 11.8. The topological polar surface area (TPSA) is 29.5 Å². The van der Waals surface area contributed by atoms with Crippen LogP contribution in [0.1, 0.15) is 27.4 Å². The Morgan fingerprint density at radius 3 is 2.86 bits per heavy atom. The molecule has 0 aliphatic carbocycles. The van der Waals surface area contributed by atoms with E-state index in [4.69, 9.17) is 4.74 Å². The van der Waals surface area contributed by atoms with Crippen LogP contribution in [0.25, 0.3) is 0 Å². The lowest BCUT2D eigenvalue weighted by atomic mass is 9.96. The summed E-state index contributed by atoms with van der Waals surface area (Å²) in [6.07, 6.45) is 0.942. The lowest BCUT2D eigenvalue weighted by Crippen LogP contribution is -2.40. The molecule has 2 aliphatic rings. The van der Waals surface area contributed by atoms with Crippen LogP contribution in [0.4, 0.5) is 0 Å². The van der Waals surface area contributed by atoms with Gasteiger partial charge in [-0.2, -0.15) is 0 Å². The third kappa shape index (κ3) is 2.09. The van der Waals surface area contributed by atoms with E-state index in [1.807, 2.05) is 41.3 Å². The first kappa shape index (κ1) is 12.5. The molecule has 3 heteroatoms. The van der Waals surface area contributed by atoms with Crippen LogP contribution < -0.4 is 4.74 Å². The summed E-state index contributed by atoms with van der Waals surface area (Å²) in [5.41, 5.74) is 3.25. The Kier molecular flexibility index (Phi) is 2.92. The molecular weight excluding hydrogens is 262 g/mol. The number of carbonyl (C=O) groups excluding carboxylic acids is 1. The van der Waals surface area contributed by atoms with E-state index in [1.54, 1.807) is 0 Å². The minimum Gasteiger partial charge on any atom is -0.493 e. The van der Waals surface area contributed by atoms with Crippen LogP contribution in [-0.4, -0.2) is 30.5 Å². The van der Waals surface area contributed by atoms with Crippen LogP contribution in [0.15, 0.2) is 48.5 Å². The molecule has 1 atom stereocenters. The van der Waals surface area contributed by atoms with E-state index in [1.165, 1.54) is 11.1 Å². The average Bonchev–Trinajstić information content (AvgIpc) is 2.94. The van der Waals surface area contributed by atoms with Gasteiger partial charge in [0, 0.05) is 30.1 Å². The average molecular weight is 279 g/mol. The van der Waals surface area contributed by atoms with Crippen molar-refractivity contribution in [2.45, 2.75) is 12.3 Å². The molecule has 0 radical (unpaired) electrons. The number of carbonyl (C=O) groups is 1. The van der Waals surface area contributed by atoms with Crippen LogP contribution in [0, 0.1) is 0 Å². The zero-order valence-electron chi connectivity index (χ0n) is 11.8. The highest BCUT2D eigenvalue weighted by Gasteiger charge is 2.30. The Balaban J connectivity index is 1.56. The van der Waals surface area contributed by atoms with Gasteiger partial charge in [0.2, 0.25) is 0 Å². The highest BCUT2D eigenvalue weighted by atomic mass is 16.5. The lowest BCUT2D eigenvalue weighted by Gasteiger charge is -2.30. The highest BCUT2D eigenvalue weighted by Crippen LogP contribution is 2.34. The molecule has 2 heterocycles. The van der Waals surface area contributed by atoms with Crippen molar-refractivity contribution in [2.24, 2.45) is 0 Å². The van der Waals surface area contributed by atoms with Crippen molar-refractivity contribution >= 4 is 5.91 Å². The summed E-state index contributed by atoms with van der Waals surface area (Å²) in [7, 11) is 0. The van der Waals surface area contributed by atoms with Gasteiger partial charge in [0.25, 0.3) is 5.91 Å². The van der Waals surface area contributed by atoms with Gasteiger partial charge in [-0.05, 0) is 24.1 Å². The van der Waals surface area contributed by atoms with Crippen molar-refractivity contribution in [3.05, 3.63) is 65.2 Å². The van der Waals surface area contributed by atoms with Gasteiger partial charge in [0.05, 0.1) is 6.61 Å². The highest BCUT2D eigenvalue weighted by molar-refractivity contribution is 5.96. The second kappa shape index (κ2) is 4.92. The predicted molar refractivity (Wildman–Crippen MR) is 80.7 cm³/mol. The van der Waals surface area contributed by atoms with Crippen LogP contribution in [0.3, 0.4) is 0 Å². The van der Waals surface area contributed by atoms with Crippen LogP contribution in [0.2, 0.25) is 0 Å². The van der Waals surface area contributed by atoms with E-state index in [9.17, 15) is 4.79 Å². The van der Waals surface area contributed by atoms with Crippen LogP contribution in [0.5, 0.6) is 5.75 Å². The zero-order chi connectivity index (χ0) is 14.2. The Hall–Kier alpha value is -2.29. The van der Waals surface area contributed by atoms with Crippen molar-refractivity contribution in [3.63, 3.8) is 0 Å². The molecule has 0 N–H and O–H groups in total. The van der Waals surface area contributed by atoms with Gasteiger partial charge in [-0.15, -0.1) is 0 Å². The fourth-order valence-electron chi connectivity index (χ4n) is 3.29. The van der Waals surface area contributed by atoms with Gasteiger partial charge in [-0.1, -0.05) is 36.4 Å². The molecule has 3 nitrogen and oxygen atoms in total. The standard InChI is InChI=1S/C18H17NO2/c20-18-16-7-2-1-5-13(16)9-10-19(18)11-14-12-21-17-8-4-3-6-15(14)17/h1-8,14H,9-12H2. The van der Waals surface area contributed by atoms with E-state index < -0.39 is 0 Å². The molecule has 0 saturated heterocycles. The minimum absolute atomic E-state index is 0.154. The van der Waals surface area contributed by atoms with Crippen molar-refractivity contribution in [3.8, 4) is 5.75 Å². The van der Waals surface area contributed by atoms with E-state index >= 15 is 0 Å². The molecular formula is C18H17NO2. The molecule has 0 spiro atoms. The molecule has 1 unspecified atom stereocenters. The summed E-state index contributed by atoms with van der Waals surface area (Å²) < 4.78 is 5.72. The first-order valence-corrected chi connectivity index (χ1v) is 7.42. The summed E-state index contributed by atoms with van der Waals surface area (Å²) in [5.74, 6) is 1.41. The quantitative estimate of drug-likeness (QED) is 0.846. The second-order valence-electron chi connectivity index (χ2n) is 5.70. The number of fused-ring (bicyclic) bond motifs is 2. The Morgan fingerprint density at radius 1 is 1.10 bits per heavy atom. The Morgan fingerprint density at radius 2 is 1.90 bits per heavy atom. The van der Waals surface area contributed by atoms with E-state index in [0.717, 1.165) is 30.8 Å². The third-order valence-corrected chi connectivity index (χ3v) is 4.43. The van der Waals surface area contributed by atoms with Crippen LogP contribution >= 0.6 is 0 Å². The number of para-hydroxylation sites is 1. The van der Waals surface area contributed by atoms with E-state index in [2.05, 4.69) is 12.1 Å². The summed E-state index contributed by atoms with van der Waals surface area (Å²) in [6, 6.07) is 16.1. The molecule has 2 aromatic carbocycles. The summed E-state index contributed by atoms with van der Waals surface area (Å²) in [4.78, 5) is 14.6. The van der Waals surface area contributed by atoms with Gasteiger partial charge in [0.15, 0.2) is 0 Å². The SMILES string of the molecule is O=C1c2ccccc2CCN1CC1COc2ccccc21. The van der Waals surface area contributed by atoms with Gasteiger partial charge >= 0.3 is 0 Å². The monoisotopic (exact) mass is 279 g/mol. The smallest absolute Gasteiger partial charge is 0.254 e. The molecule has 1 amide bonds. The molecule has 0 bridgehead atoms. The molecule has 2 aromatic rings. The molecule has 0 fully saturated rings. The first-order valence-electron chi connectivity index (χ1n) is 7.42.